The van der Waals surface area contributed by atoms with Gasteiger partial charge in [-0.25, -0.2) is 0 Å². The van der Waals surface area contributed by atoms with Crippen LogP contribution in [-0.2, 0) is 14.9 Å². The zero-order valence-electron chi connectivity index (χ0n) is 13.9. The Morgan fingerprint density at radius 3 is 2.59 bits per heavy atom. The number of hydrogen-bond acceptors (Lipinski definition) is 3. The molecule has 1 heterocycles. The normalized spacial score (nSPS) is 31.3. The Labute approximate surface area is 134 Å². The van der Waals surface area contributed by atoms with E-state index in [9.17, 15) is 0 Å². The van der Waals surface area contributed by atoms with E-state index in [-0.39, 0.29) is 5.60 Å². The van der Waals surface area contributed by atoms with E-state index in [4.69, 9.17) is 9.47 Å². The van der Waals surface area contributed by atoms with Crippen molar-refractivity contribution in [3.05, 3.63) is 35.9 Å². The van der Waals surface area contributed by atoms with Gasteiger partial charge in [-0.2, -0.15) is 0 Å². The van der Waals surface area contributed by atoms with Crippen LogP contribution in [0.2, 0.25) is 0 Å². The molecule has 3 nitrogen and oxygen atoms in total. The molecule has 122 valence electrons. The molecule has 0 spiro atoms. The van der Waals surface area contributed by atoms with E-state index in [1.54, 1.807) is 0 Å². The third kappa shape index (κ3) is 3.37. The average molecular weight is 303 g/mol. The summed E-state index contributed by atoms with van der Waals surface area (Å²) in [4.78, 5) is 0. The summed E-state index contributed by atoms with van der Waals surface area (Å²) in [5.41, 5.74) is 1.77. The molecular weight excluding hydrogens is 274 g/mol. The lowest BCUT2D eigenvalue weighted by molar-refractivity contribution is -0.0886. The Morgan fingerprint density at radius 2 is 1.91 bits per heavy atom. The van der Waals surface area contributed by atoms with Gasteiger partial charge in [0.05, 0.1) is 5.60 Å². The number of hydrogen-bond donors (Lipinski definition) is 1. The molecular formula is C19H29NO2. The lowest BCUT2D eigenvalue weighted by Gasteiger charge is -2.37. The largest absolute Gasteiger partial charge is 0.381 e. The maximum atomic E-state index is 5.83. The van der Waals surface area contributed by atoms with Crippen LogP contribution in [0, 0.1) is 0 Å². The first kappa shape index (κ1) is 16.0. The van der Waals surface area contributed by atoms with Crippen molar-refractivity contribution in [1.29, 1.82) is 0 Å². The van der Waals surface area contributed by atoms with Gasteiger partial charge in [-0.3, -0.25) is 0 Å². The van der Waals surface area contributed by atoms with E-state index in [0.717, 1.165) is 32.6 Å². The highest BCUT2D eigenvalue weighted by atomic mass is 16.5. The van der Waals surface area contributed by atoms with Crippen molar-refractivity contribution in [3.8, 4) is 0 Å². The predicted octanol–water partition coefficient (Wildman–Crippen LogP) is 3.28. The second kappa shape index (κ2) is 6.69. The fourth-order valence-corrected chi connectivity index (χ4v) is 4.04. The van der Waals surface area contributed by atoms with E-state index in [1.807, 2.05) is 7.11 Å². The van der Waals surface area contributed by atoms with Crippen molar-refractivity contribution >= 4 is 0 Å². The van der Waals surface area contributed by atoms with Crippen LogP contribution >= 0.6 is 0 Å². The summed E-state index contributed by atoms with van der Waals surface area (Å²) in [7, 11) is 1.84. The van der Waals surface area contributed by atoms with Crippen LogP contribution in [0.4, 0.5) is 0 Å². The van der Waals surface area contributed by atoms with Crippen molar-refractivity contribution < 1.29 is 9.47 Å². The van der Waals surface area contributed by atoms with Gasteiger partial charge in [0, 0.05) is 45.8 Å². The molecule has 1 N–H and O–H groups in total. The first-order valence-corrected chi connectivity index (χ1v) is 8.58. The average Bonchev–Trinajstić information content (AvgIpc) is 2.98. The standard InChI is InChI=1S/C19H29NO2/c1-18(16-6-4-3-5-7-16)9-8-17(14-18)20-15-19(21-2)10-12-22-13-11-19/h3-7,17,20H,8-15H2,1-2H3/t17-,18-/m1/s1. The van der Waals surface area contributed by atoms with Crippen molar-refractivity contribution in [2.45, 2.75) is 56.1 Å². The molecule has 2 atom stereocenters. The predicted molar refractivity (Wildman–Crippen MR) is 89.2 cm³/mol. The van der Waals surface area contributed by atoms with Crippen LogP contribution in [0.3, 0.4) is 0 Å². The molecule has 1 saturated heterocycles. The molecule has 1 aliphatic heterocycles. The highest BCUT2D eigenvalue weighted by Gasteiger charge is 2.38. The molecule has 1 aromatic carbocycles. The van der Waals surface area contributed by atoms with Gasteiger partial charge in [-0.05, 0) is 30.2 Å². The summed E-state index contributed by atoms with van der Waals surface area (Å²) in [5, 5.41) is 3.79. The zero-order valence-corrected chi connectivity index (χ0v) is 13.9. The quantitative estimate of drug-likeness (QED) is 0.905. The molecule has 2 aliphatic rings. The van der Waals surface area contributed by atoms with Crippen LogP contribution in [0.1, 0.15) is 44.6 Å². The molecule has 1 aromatic rings. The second-order valence-corrected chi connectivity index (χ2v) is 7.25. The van der Waals surface area contributed by atoms with Gasteiger partial charge in [0.1, 0.15) is 0 Å². The van der Waals surface area contributed by atoms with Gasteiger partial charge in [0.15, 0.2) is 0 Å². The molecule has 22 heavy (non-hydrogen) atoms. The minimum atomic E-state index is -0.0238. The Morgan fingerprint density at radius 1 is 1.18 bits per heavy atom. The first-order valence-electron chi connectivity index (χ1n) is 8.58. The van der Waals surface area contributed by atoms with E-state index in [0.29, 0.717) is 11.5 Å². The molecule has 3 rings (SSSR count). The summed E-state index contributed by atoms with van der Waals surface area (Å²) in [6.45, 7) is 5.00. The molecule has 1 aliphatic carbocycles. The minimum absolute atomic E-state index is 0.0238. The molecule has 0 radical (unpaired) electrons. The summed E-state index contributed by atoms with van der Waals surface area (Å²) < 4.78 is 11.3. The number of ether oxygens (including phenoxy) is 2. The molecule has 0 bridgehead atoms. The maximum Gasteiger partial charge on any atom is 0.0846 e. The van der Waals surface area contributed by atoms with Gasteiger partial charge in [0.2, 0.25) is 0 Å². The summed E-state index contributed by atoms with van der Waals surface area (Å²) in [6, 6.07) is 11.6. The lowest BCUT2D eigenvalue weighted by atomic mass is 9.81. The SMILES string of the molecule is COC1(CN[C@@H]2CC[C@@](C)(c3ccccc3)C2)CCOCC1. The van der Waals surface area contributed by atoms with E-state index >= 15 is 0 Å². The van der Waals surface area contributed by atoms with Crippen LogP contribution in [0.5, 0.6) is 0 Å². The van der Waals surface area contributed by atoms with E-state index in [2.05, 4.69) is 42.6 Å². The Kier molecular flexibility index (Phi) is 4.86. The lowest BCUT2D eigenvalue weighted by Crippen LogP contribution is -2.49. The number of rotatable bonds is 5. The maximum absolute atomic E-state index is 5.83. The third-order valence-corrected chi connectivity index (χ3v) is 5.76. The van der Waals surface area contributed by atoms with Crippen LogP contribution in [0.15, 0.2) is 30.3 Å². The van der Waals surface area contributed by atoms with Gasteiger partial charge in [-0.1, -0.05) is 37.3 Å². The zero-order chi connectivity index (χ0) is 15.5. The van der Waals surface area contributed by atoms with Gasteiger partial charge in [-0.15, -0.1) is 0 Å². The van der Waals surface area contributed by atoms with Gasteiger partial charge >= 0.3 is 0 Å². The van der Waals surface area contributed by atoms with Crippen molar-refractivity contribution in [2.24, 2.45) is 0 Å². The highest BCUT2D eigenvalue weighted by Crippen LogP contribution is 2.40. The fraction of sp³-hybridized carbons (Fsp3) is 0.684. The summed E-state index contributed by atoms with van der Waals surface area (Å²) in [6.07, 6.45) is 5.73. The van der Waals surface area contributed by atoms with Crippen LogP contribution < -0.4 is 5.32 Å². The Bertz CT molecular complexity index is 470. The minimum Gasteiger partial charge on any atom is -0.381 e. The van der Waals surface area contributed by atoms with Crippen LogP contribution in [0.25, 0.3) is 0 Å². The smallest absolute Gasteiger partial charge is 0.0846 e. The molecule has 0 aromatic heterocycles. The summed E-state index contributed by atoms with van der Waals surface area (Å²) in [5.74, 6) is 0. The van der Waals surface area contributed by atoms with Crippen molar-refractivity contribution in [1.82, 2.24) is 5.32 Å². The first-order chi connectivity index (χ1) is 10.7. The van der Waals surface area contributed by atoms with Crippen LogP contribution in [-0.4, -0.2) is 38.5 Å². The molecule has 1 saturated carbocycles. The Hall–Kier alpha value is -0.900. The number of nitrogens with one attached hydrogen (secondary N) is 1. The molecule has 0 amide bonds. The van der Waals surface area contributed by atoms with E-state index in [1.165, 1.54) is 24.8 Å². The monoisotopic (exact) mass is 303 g/mol. The van der Waals surface area contributed by atoms with Gasteiger partial charge in [0.25, 0.3) is 0 Å². The van der Waals surface area contributed by atoms with Crippen molar-refractivity contribution in [2.75, 3.05) is 26.9 Å². The Balaban J connectivity index is 1.57. The molecule has 3 heteroatoms. The fourth-order valence-electron chi connectivity index (χ4n) is 4.04. The number of benzene rings is 1. The highest BCUT2D eigenvalue weighted by molar-refractivity contribution is 5.26. The molecule has 0 unspecified atom stereocenters. The second-order valence-electron chi connectivity index (χ2n) is 7.25. The van der Waals surface area contributed by atoms with Crippen molar-refractivity contribution in [3.63, 3.8) is 0 Å². The van der Waals surface area contributed by atoms with Gasteiger partial charge < -0.3 is 14.8 Å². The molecule has 2 fully saturated rings. The third-order valence-electron chi connectivity index (χ3n) is 5.76. The number of methoxy groups -OCH3 is 1. The van der Waals surface area contributed by atoms with E-state index < -0.39 is 0 Å². The summed E-state index contributed by atoms with van der Waals surface area (Å²) >= 11 is 0. The topological polar surface area (TPSA) is 30.5 Å².